The molecule has 0 aliphatic heterocycles. The van der Waals surface area contributed by atoms with Crippen LogP contribution in [0.25, 0.3) is 0 Å². The number of nitrogens with one attached hydrogen (secondary N) is 2. The molecule has 3 amide bonds. The van der Waals surface area contributed by atoms with E-state index in [1.165, 1.54) is 0 Å². The van der Waals surface area contributed by atoms with Crippen LogP contribution in [0.5, 0.6) is 0 Å². The lowest BCUT2D eigenvalue weighted by atomic mass is 9.97. The number of carboxylic acid groups (broad SMARTS) is 1. The number of rotatable bonds is 10. The van der Waals surface area contributed by atoms with E-state index in [-0.39, 0.29) is 11.8 Å². The molecule has 0 aromatic heterocycles. The van der Waals surface area contributed by atoms with Crippen LogP contribution in [0.15, 0.2) is 0 Å². The summed E-state index contributed by atoms with van der Waals surface area (Å²) in [5.74, 6) is -3.80. The third-order valence-corrected chi connectivity index (χ3v) is 3.83. The lowest BCUT2D eigenvalue weighted by Gasteiger charge is -2.26. The molecule has 0 saturated heterocycles. The first-order chi connectivity index (χ1) is 11.0. The SMILES string of the molecule is CC[C@H](C)[C@H](N)C(=O)N[C@H](C(=O)N[C@@H](CC(N)=O)C(=O)O)C(C)C. The highest BCUT2D eigenvalue weighted by atomic mass is 16.4. The average molecular weight is 344 g/mol. The fourth-order valence-corrected chi connectivity index (χ4v) is 1.96. The zero-order valence-electron chi connectivity index (χ0n) is 14.5. The van der Waals surface area contributed by atoms with Gasteiger partial charge in [0.25, 0.3) is 0 Å². The molecule has 0 rings (SSSR count). The summed E-state index contributed by atoms with van der Waals surface area (Å²) in [6.45, 7) is 7.11. The average Bonchev–Trinajstić information content (AvgIpc) is 2.48. The fourth-order valence-electron chi connectivity index (χ4n) is 1.96. The number of primary amides is 1. The van der Waals surface area contributed by atoms with Gasteiger partial charge >= 0.3 is 5.97 Å². The van der Waals surface area contributed by atoms with Crippen LogP contribution < -0.4 is 22.1 Å². The number of nitrogens with two attached hydrogens (primary N) is 2. The van der Waals surface area contributed by atoms with Crippen molar-refractivity contribution in [1.82, 2.24) is 10.6 Å². The van der Waals surface area contributed by atoms with E-state index in [1.807, 2.05) is 13.8 Å². The van der Waals surface area contributed by atoms with Crippen molar-refractivity contribution in [3.05, 3.63) is 0 Å². The van der Waals surface area contributed by atoms with Gasteiger partial charge in [-0.05, 0) is 11.8 Å². The number of carbonyl (C=O) groups is 4. The maximum atomic E-state index is 12.3. The Morgan fingerprint density at radius 3 is 1.96 bits per heavy atom. The van der Waals surface area contributed by atoms with Crippen LogP contribution in [0.2, 0.25) is 0 Å². The molecule has 7 N–H and O–H groups in total. The Hall–Kier alpha value is -2.16. The first-order valence-electron chi connectivity index (χ1n) is 7.88. The molecule has 0 aliphatic carbocycles. The molecule has 0 radical (unpaired) electrons. The summed E-state index contributed by atoms with van der Waals surface area (Å²) in [6.07, 6.45) is 0.166. The molecule has 0 aliphatic rings. The summed E-state index contributed by atoms with van der Waals surface area (Å²) in [7, 11) is 0. The van der Waals surface area contributed by atoms with Gasteiger partial charge in [-0.3, -0.25) is 14.4 Å². The number of hydrogen-bond donors (Lipinski definition) is 5. The minimum absolute atomic E-state index is 0.0671. The fraction of sp³-hybridized carbons (Fsp3) is 0.733. The Morgan fingerprint density at radius 1 is 1.04 bits per heavy atom. The molecule has 0 spiro atoms. The summed E-state index contributed by atoms with van der Waals surface area (Å²) in [5, 5.41) is 13.8. The van der Waals surface area contributed by atoms with Crippen molar-refractivity contribution < 1.29 is 24.3 Å². The molecular weight excluding hydrogens is 316 g/mol. The maximum Gasteiger partial charge on any atom is 0.326 e. The number of carboxylic acids is 1. The van der Waals surface area contributed by atoms with Gasteiger partial charge in [-0.15, -0.1) is 0 Å². The monoisotopic (exact) mass is 344 g/mol. The minimum atomic E-state index is -1.45. The topological polar surface area (TPSA) is 165 Å². The van der Waals surface area contributed by atoms with Crippen LogP contribution in [-0.2, 0) is 19.2 Å². The molecular formula is C15H28N4O5. The van der Waals surface area contributed by atoms with Gasteiger partial charge in [-0.2, -0.15) is 0 Å². The molecule has 9 heteroatoms. The van der Waals surface area contributed by atoms with Crippen molar-refractivity contribution in [2.45, 2.75) is 58.7 Å². The van der Waals surface area contributed by atoms with Crippen molar-refractivity contribution in [3.8, 4) is 0 Å². The van der Waals surface area contributed by atoms with E-state index < -0.39 is 48.2 Å². The van der Waals surface area contributed by atoms with Crippen LogP contribution in [0.4, 0.5) is 0 Å². The van der Waals surface area contributed by atoms with Crippen LogP contribution in [0.3, 0.4) is 0 Å². The Kier molecular flexibility index (Phi) is 8.97. The standard InChI is InChI=1S/C15H28N4O5/c1-5-8(4)11(17)13(21)19-12(7(2)3)14(22)18-9(15(23)24)6-10(16)20/h7-9,11-12H,5-6,17H2,1-4H3,(H2,16,20)(H,18,22)(H,19,21)(H,23,24)/t8-,9-,11-,12-/m0/s1. The van der Waals surface area contributed by atoms with Gasteiger partial charge in [-0.25, -0.2) is 4.79 Å². The normalized spacial score (nSPS) is 15.9. The molecule has 0 aromatic rings. The zero-order chi connectivity index (χ0) is 19.0. The molecule has 0 unspecified atom stereocenters. The predicted octanol–water partition coefficient (Wildman–Crippen LogP) is -1.05. The van der Waals surface area contributed by atoms with E-state index in [4.69, 9.17) is 16.6 Å². The molecule has 4 atom stereocenters. The minimum Gasteiger partial charge on any atom is -0.480 e. The Bertz CT molecular complexity index is 480. The van der Waals surface area contributed by atoms with Gasteiger partial charge in [0.2, 0.25) is 17.7 Å². The van der Waals surface area contributed by atoms with Crippen LogP contribution in [0.1, 0.15) is 40.5 Å². The van der Waals surface area contributed by atoms with E-state index in [0.717, 1.165) is 0 Å². The first-order valence-corrected chi connectivity index (χ1v) is 7.88. The number of hydrogen-bond acceptors (Lipinski definition) is 5. The van der Waals surface area contributed by atoms with Crippen molar-refractivity contribution in [3.63, 3.8) is 0 Å². The van der Waals surface area contributed by atoms with E-state index >= 15 is 0 Å². The molecule has 0 fully saturated rings. The van der Waals surface area contributed by atoms with Crippen molar-refractivity contribution >= 4 is 23.7 Å². The predicted molar refractivity (Wildman–Crippen MR) is 87.6 cm³/mol. The highest BCUT2D eigenvalue weighted by Crippen LogP contribution is 2.08. The van der Waals surface area contributed by atoms with Gasteiger partial charge in [-0.1, -0.05) is 34.1 Å². The van der Waals surface area contributed by atoms with E-state index in [2.05, 4.69) is 10.6 Å². The van der Waals surface area contributed by atoms with Gasteiger partial charge in [0.1, 0.15) is 12.1 Å². The summed E-state index contributed by atoms with van der Waals surface area (Å²) in [6, 6.07) is -3.19. The second kappa shape index (κ2) is 9.86. The Labute approximate surface area is 141 Å². The highest BCUT2D eigenvalue weighted by Gasteiger charge is 2.31. The molecule has 0 heterocycles. The Morgan fingerprint density at radius 2 is 1.58 bits per heavy atom. The number of amides is 3. The maximum absolute atomic E-state index is 12.3. The van der Waals surface area contributed by atoms with E-state index in [0.29, 0.717) is 6.42 Å². The first kappa shape index (κ1) is 21.8. The molecule has 24 heavy (non-hydrogen) atoms. The lowest BCUT2D eigenvalue weighted by Crippen LogP contribution is -2.57. The van der Waals surface area contributed by atoms with Crippen LogP contribution >= 0.6 is 0 Å². The quantitative estimate of drug-likeness (QED) is 0.339. The Balaban J connectivity index is 5.04. The second-order valence-corrected chi connectivity index (χ2v) is 6.21. The molecule has 0 bridgehead atoms. The summed E-state index contributed by atoms with van der Waals surface area (Å²) >= 11 is 0. The lowest BCUT2D eigenvalue weighted by molar-refractivity contribution is -0.144. The molecule has 9 nitrogen and oxygen atoms in total. The van der Waals surface area contributed by atoms with E-state index in [9.17, 15) is 19.2 Å². The van der Waals surface area contributed by atoms with Crippen LogP contribution in [0, 0.1) is 11.8 Å². The van der Waals surface area contributed by atoms with Gasteiger partial charge in [0, 0.05) is 0 Å². The van der Waals surface area contributed by atoms with Crippen LogP contribution in [-0.4, -0.2) is 46.9 Å². The molecule has 0 aromatic carbocycles. The molecule has 0 saturated carbocycles. The third kappa shape index (κ3) is 6.95. The smallest absolute Gasteiger partial charge is 0.326 e. The third-order valence-electron chi connectivity index (χ3n) is 3.83. The van der Waals surface area contributed by atoms with Gasteiger partial charge in [0.15, 0.2) is 0 Å². The zero-order valence-corrected chi connectivity index (χ0v) is 14.5. The second-order valence-electron chi connectivity index (χ2n) is 6.21. The number of carbonyl (C=O) groups excluding carboxylic acids is 3. The van der Waals surface area contributed by atoms with Crippen molar-refractivity contribution in [2.75, 3.05) is 0 Å². The highest BCUT2D eigenvalue weighted by molar-refractivity contribution is 5.93. The van der Waals surface area contributed by atoms with Gasteiger partial charge < -0.3 is 27.2 Å². The van der Waals surface area contributed by atoms with Crippen molar-refractivity contribution in [1.29, 1.82) is 0 Å². The number of aliphatic carboxylic acids is 1. The summed E-state index contributed by atoms with van der Waals surface area (Å²) < 4.78 is 0. The summed E-state index contributed by atoms with van der Waals surface area (Å²) in [4.78, 5) is 46.4. The largest absolute Gasteiger partial charge is 0.480 e. The van der Waals surface area contributed by atoms with Gasteiger partial charge in [0.05, 0.1) is 12.5 Å². The summed E-state index contributed by atoms with van der Waals surface area (Å²) in [5.41, 5.74) is 10.8. The van der Waals surface area contributed by atoms with E-state index in [1.54, 1.807) is 13.8 Å². The molecule has 138 valence electrons. The van der Waals surface area contributed by atoms with Crippen molar-refractivity contribution in [2.24, 2.45) is 23.3 Å².